The van der Waals surface area contributed by atoms with Crippen LogP contribution in [0.25, 0.3) is 10.9 Å². The van der Waals surface area contributed by atoms with Crippen molar-refractivity contribution in [2.24, 2.45) is 0 Å². The number of aromatic amines is 1. The smallest absolute Gasteiger partial charge is 1.00 e. The molecule has 2 aromatic rings. The van der Waals surface area contributed by atoms with Crippen molar-refractivity contribution in [2.45, 2.75) is 0 Å². The zero-order valence-electron chi connectivity index (χ0n) is 11.2. The van der Waals surface area contributed by atoms with Crippen molar-refractivity contribution < 1.29 is 76.3 Å². The number of nitrogens with one attached hydrogen (secondary N) is 1. The van der Waals surface area contributed by atoms with Crippen LogP contribution in [0, 0.1) is 0 Å². The third-order valence-corrected chi connectivity index (χ3v) is 4.21. The Kier molecular flexibility index (Phi) is 7.59. The van der Waals surface area contributed by atoms with Gasteiger partial charge in [0.05, 0.1) is 10.3 Å². The zero-order valence-corrected chi connectivity index (χ0v) is 16.5. The molecule has 2 rings (SSSR count). The number of hydrogen-bond donors (Lipinski definition) is 3. The first kappa shape index (κ1) is 18.7. The van der Waals surface area contributed by atoms with Gasteiger partial charge in [0.2, 0.25) is 0 Å². The molecule has 0 amide bonds. The summed E-state index contributed by atoms with van der Waals surface area (Å²) in [5.74, 6) is 0. The first-order valence-electron chi connectivity index (χ1n) is 3.92. The van der Waals surface area contributed by atoms with Gasteiger partial charge in [-0.05, 0) is 28.1 Å². The Bertz CT molecular complexity index is 595. The normalized spacial score (nSPS) is 10.8. The van der Waals surface area contributed by atoms with Crippen LogP contribution in [0.2, 0.25) is 5.02 Å². The summed E-state index contributed by atoms with van der Waals surface area (Å²) in [7, 11) is -4.25. The van der Waals surface area contributed by atoms with Gasteiger partial charge in [-0.1, -0.05) is 11.6 Å². The zero-order chi connectivity index (χ0) is 11.2. The van der Waals surface area contributed by atoms with Crippen molar-refractivity contribution in [3.05, 3.63) is 27.8 Å². The Hall–Kier alpha value is 1.68. The molecule has 1 aromatic heterocycles. The maximum atomic E-state index is 11.1. The minimum absolute atomic E-state index is 0. The first-order valence-corrected chi connectivity index (χ1v) is 6.70. The van der Waals surface area contributed by atoms with E-state index in [0.29, 0.717) is 20.4 Å². The fourth-order valence-electron chi connectivity index (χ4n) is 1.34. The summed E-state index contributed by atoms with van der Waals surface area (Å²) in [5.41, 5.74) is 0.599. The quantitative estimate of drug-likeness (QED) is 0.368. The molecular formula is C8H8BrClNNa2O3P. The van der Waals surface area contributed by atoms with E-state index in [9.17, 15) is 4.57 Å². The van der Waals surface area contributed by atoms with Crippen LogP contribution >= 0.6 is 35.1 Å². The molecule has 0 saturated carbocycles. The Morgan fingerprint density at radius 1 is 1.35 bits per heavy atom. The van der Waals surface area contributed by atoms with Crippen molar-refractivity contribution in [3.63, 3.8) is 0 Å². The molecule has 0 aliphatic carbocycles. The summed E-state index contributed by atoms with van der Waals surface area (Å²) in [6.45, 7) is 0. The first-order chi connectivity index (χ1) is 6.89. The molecule has 1 heterocycles. The molecule has 0 saturated heterocycles. The number of rotatable bonds is 1. The van der Waals surface area contributed by atoms with Gasteiger partial charge in [-0.3, -0.25) is 4.57 Å². The Labute approximate surface area is 158 Å². The van der Waals surface area contributed by atoms with Crippen LogP contribution in [-0.2, 0) is 4.57 Å². The summed E-state index contributed by atoms with van der Waals surface area (Å²) in [5, 5.41) is 0.941. The van der Waals surface area contributed by atoms with Gasteiger partial charge in [0, 0.05) is 21.6 Å². The molecule has 9 heteroatoms. The van der Waals surface area contributed by atoms with Gasteiger partial charge in [-0.15, -0.1) is 0 Å². The molecule has 0 fully saturated rings. The van der Waals surface area contributed by atoms with Crippen LogP contribution in [0.3, 0.4) is 0 Å². The molecule has 0 radical (unpaired) electrons. The number of H-pyrrole nitrogens is 1. The monoisotopic (exact) mass is 357 g/mol. The summed E-state index contributed by atoms with van der Waals surface area (Å²) < 4.78 is 11.7. The van der Waals surface area contributed by atoms with Crippen LogP contribution in [-0.4, -0.2) is 14.8 Å². The van der Waals surface area contributed by atoms with Crippen LogP contribution < -0.4 is 64.4 Å². The van der Waals surface area contributed by atoms with Gasteiger partial charge < -0.3 is 17.6 Å². The second kappa shape index (κ2) is 6.91. The maximum Gasteiger partial charge on any atom is 1.00 e. The summed E-state index contributed by atoms with van der Waals surface area (Å²) >= 11 is 9.05. The standard InChI is InChI=1S/C8H6BrClNO3P.2Na.2H/c9-5-1-4-7(2-6(5)10)11-3-8(4)15(12,13)14;;;;/h1-3,11H,(H2,12,13,14);;;;/q;2*+1;2*-1. The van der Waals surface area contributed by atoms with E-state index in [1.807, 2.05) is 0 Å². The second-order valence-electron chi connectivity index (χ2n) is 3.03. The van der Waals surface area contributed by atoms with Gasteiger partial charge >= 0.3 is 66.7 Å². The molecule has 3 N–H and O–H groups in total. The number of aromatic nitrogens is 1. The van der Waals surface area contributed by atoms with E-state index in [4.69, 9.17) is 21.4 Å². The van der Waals surface area contributed by atoms with E-state index in [2.05, 4.69) is 20.9 Å². The summed E-state index contributed by atoms with van der Waals surface area (Å²) in [4.78, 5) is 20.9. The molecule has 1 aromatic carbocycles. The fourth-order valence-corrected chi connectivity index (χ4v) is 2.58. The third kappa shape index (κ3) is 4.07. The Morgan fingerprint density at radius 2 is 1.94 bits per heavy atom. The van der Waals surface area contributed by atoms with Crippen molar-refractivity contribution in [1.29, 1.82) is 0 Å². The molecular weight excluding hydrogens is 350 g/mol. The molecule has 0 atom stereocenters. The number of hydrogen-bond acceptors (Lipinski definition) is 1. The molecule has 0 aliphatic heterocycles. The van der Waals surface area contributed by atoms with Gasteiger partial charge in [0.15, 0.2) is 0 Å². The average Bonchev–Trinajstić information content (AvgIpc) is 2.47. The number of benzene rings is 1. The van der Waals surface area contributed by atoms with Gasteiger partial charge in [0.1, 0.15) is 0 Å². The molecule has 17 heavy (non-hydrogen) atoms. The topological polar surface area (TPSA) is 73.3 Å². The fraction of sp³-hybridized carbons (Fsp3) is 0. The van der Waals surface area contributed by atoms with Crippen molar-refractivity contribution >= 4 is 51.3 Å². The molecule has 4 nitrogen and oxygen atoms in total. The third-order valence-electron chi connectivity index (χ3n) is 2.01. The van der Waals surface area contributed by atoms with E-state index in [-0.39, 0.29) is 67.3 Å². The van der Waals surface area contributed by atoms with Crippen LogP contribution in [0.4, 0.5) is 0 Å². The largest absolute Gasteiger partial charge is 1.00 e. The summed E-state index contributed by atoms with van der Waals surface area (Å²) in [6.07, 6.45) is 1.30. The average molecular weight is 358 g/mol. The van der Waals surface area contributed by atoms with Crippen molar-refractivity contribution in [3.8, 4) is 0 Å². The molecule has 84 valence electrons. The van der Waals surface area contributed by atoms with Gasteiger partial charge in [-0.25, -0.2) is 0 Å². The molecule has 0 unspecified atom stereocenters. The van der Waals surface area contributed by atoms with Gasteiger partial charge in [-0.2, -0.15) is 0 Å². The molecule has 0 aliphatic rings. The van der Waals surface area contributed by atoms with Gasteiger partial charge in [0.25, 0.3) is 0 Å². The number of halogens is 2. The van der Waals surface area contributed by atoms with Crippen molar-refractivity contribution in [1.82, 2.24) is 4.98 Å². The van der Waals surface area contributed by atoms with E-state index in [1.165, 1.54) is 6.20 Å². The second-order valence-corrected chi connectivity index (χ2v) is 5.86. The van der Waals surface area contributed by atoms with E-state index in [1.54, 1.807) is 12.1 Å². The molecule has 0 bridgehead atoms. The van der Waals surface area contributed by atoms with E-state index < -0.39 is 7.60 Å². The predicted octanol–water partition coefficient (Wildman–Crippen LogP) is -3.38. The Balaban J connectivity index is -0.000000640. The molecule has 0 spiro atoms. The summed E-state index contributed by atoms with van der Waals surface area (Å²) in [6, 6.07) is 3.20. The minimum atomic E-state index is -4.25. The van der Waals surface area contributed by atoms with Crippen LogP contribution in [0.15, 0.2) is 22.8 Å². The van der Waals surface area contributed by atoms with Crippen LogP contribution in [0.1, 0.15) is 2.85 Å². The SMILES string of the molecule is O=P(O)(O)c1c[nH]c2cc(Cl)c(Br)cc12.[H-].[H-].[Na+].[Na+]. The van der Waals surface area contributed by atoms with E-state index >= 15 is 0 Å². The van der Waals surface area contributed by atoms with Crippen LogP contribution in [0.5, 0.6) is 0 Å². The number of fused-ring (bicyclic) bond motifs is 1. The predicted molar refractivity (Wildman–Crippen MR) is 64.9 cm³/mol. The van der Waals surface area contributed by atoms with Crippen molar-refractivity contribution in [2.75, 3.05) is 0 Å². The Morgan fingerprint density at radius 3 is 2.47 bits per heavy atom. The maximum absolute atomic E-state index is 11.1. The minimum Gasteiger partial charge on any atom is -1.00 e. The van der Waals surface area contributed by atoms with E-state index in [0.717, 1.165) is 0 Å².